The number of nitrogens with zero attached hydrogens (tertiary/aromatic N) is 1. The highest BCUT2D eigenvalue weighted by atomic mass is 16.5. The Morgan fingerprint density at radius 1 is 1.47 bits per heavy atom. The Bertz CT molecular complexity index is 246. The summed E-state index contributed by atoms with van der Waals surface area (Å²) < 4.78 is 4.86. The zero-order chi connectivity index (χ0) is 13.3. The zero-order valence-corrected chi connectivity index (χ0v) is 10.5. The van der Waals surface area contributed by atoms with Gasteiger partial charge in [0.15, 0.2) is 0 Å². The number of methoxy groups -OCH3 is 1. The number of amides is 1. The maximum atomic E-state index is 12.0. The second-order valence-corrected chi connectivity index (χ2v) is 3.87. The average molecular weight is 246 g/mol. The highest BCUT2D eigenvalue weighted by Gasteiger charge is 2.23. The van der Waals surface area contributed by atoms with Gasteiger partial charge in [0, 0.05) is 20.2 Å². The molecule has 100 valence electrons. The van der Waals surface area contributed by atoms with Gasteiger partial charge in [0.25, 0.3) is 0 Å². The molecule has 0 aliphatic heterocycles. The summed E-state index contributed by atoms with van der Waals surface area (Å²) in [7, 11) is 1.51. The fourth-order valence-electron chi connectivity index (χ4n) is 1.58. The normalized spacial score (nSPS) is 12.2. The summed E-state index contributed by atoms with van der Waals surface area (Å²) in [4.78, 5) is 24.0. The number of carbonyl (C=O) groups is 2. The Labute approximate surface area is 102 Å². The van der Waals surface area contributed by atoms with Crippen molar-refractivity contribution in [2.45, 2.75) is 19.8 Å². The van der Waals surface area contributed by atoms with Crippen molar-refractivity contribution in [3.63, 3.8) is 0 Å². The summed E-state index contributed by atoms with van der Waals surface area (Å²) >= 11 is 0. The van der Waals surface area contributed by atoms with E-state index in [4.69, 9.17) is 15.6 Å². The van der Waals surface area contributed by atoms with Crippen molar-refractivity contribution in [3.8, 4) is 0 Å². The van der Waals surface area contributed by atoms with Crippen molar-refractivity contribution in [2.24, 2.45) is 11.7 Å². The predicted molar refractivity (Wildman–Crippen MR) is 63.5 cm³/mol. The third kappa shape index (κ3) is 6.23. The number of hydrogen-bond donors (Lipinski definition) is 2. The minimum absolute atomic E-state index is 0.200. The predicted octanol–water partition coefficient (Wildman–Crippen LogP) is -0.0790. The van der Waals surface area contributed by atoms with Crippen LogP contribution in [0.25, 0.3) is 0 Å². The van der Waals surface area contributed by atoms with Gasteiger partial charge in [-0.3, -0.25) is 9.59 Å². The molecule has 17 heavy (non-hydrogen) atoms. The molecule has 0 spiro atoms. The molecule has 1 atom stereocenters. The Balaban J connectivity index is 4.52. The lowest BCUT2D eigenvalue weighted by Crippen LogP contribution is -2.43. The topological polar surface area (TPSA) is 92.9 Å². The molecule has 1 unspecified atom stereocenters. The molecule has 0 saturated heterocycles. The van der Waals surface area contributed by atoms with Crippen LogP contribution in [-0.4, -0.2) is 55.2 Å². The number of aliphatic carboxylic acids is 1. The van der Waals surface area contributed by atoms with E-state index < -0.39 is 5.97 Å². The zero-order valence-electron chi connectivity index (χ0n) is 10.5. The summed E-state index contributed by atoms with van der Waals surface area (Å²) in [6.07, 6.45) is 1.53. The number of carbonyl (C=O) groups excluding carboxylic acids is 1. The molecule has 6 heteroatoms. The minimum Gasteiger partial charge on any atom is -0.480 e. The van der Waals surface area contributed by atoms with Gasteiger partial charge in [-0.1, -0.05) is 13.3 Å². The maximum absolute atomic E-state index is 12.0. The quantitative estimate of drug-likeness (QED) is 0.593. The van der Waals surface area contributed by atoms with Crippen LogP contribution < -0.4 is 5.73 Å². The highest BCUT2D eigenvalue weighted by Crippen LogP contribution is 2.09. The molecule has 0 rings (SSSR count). The number of nitrogens with two attached hydrogens (primary N) is 1. The number of hydrogen-bond acceptors (Lipinski definition) is 4. The molecule has 0 fully saturated rings. The van der Waals surface area contributed by atoms with Crippen molar-refractivity contribution >= 4 is 11.9 Å². The molecule has 0 aliphatic rings. The number of carboxylic acid groups (broad SMARTS) is 1. The van der Waals surface area contributed by atoms with Crippen LogP contribution in [0.4, 0.5) is 0 Å². The molecule has 0 radical (unpaired) electrons. The van der Waals surface area contributed by atoms with Crippen LogP contribution in [-0.2, 0) is 14.3 Å². The second-order valence-electron chi connectivity index (χ2n) is 3.87. The molecule has 0 saturated carbocycles. The van der Waals surface area contributed by atoms with E-state index in [9.17, 15) is 9.59 Å². The maximum Gasteiger partial charge on any atom is 0.323 e. The summed E-state index contributed by atoms with van der Waals surface area (Å²) in [6.45, 7) is 2.51. The minimum atomic E-state index is -1.03. The largest absolute Gasteiger partial charge is 0.480 e. The van der Waals surface area contributed by atoms with Gasteiger partial charge in [0.1, 0.15) is 6.54 Å². The summed E-state index contributed by atoms with van der Waals surface area (Å²) in [6, 6.07) is 0. The van der Waals surface area contributed by atoms with Crippen LogP contribution in [0.3, 0.4) is 0 Å². The fourth-order valence-corrected chi connectivity index (χ4v) is 1.58. The van der Waals surface area contributed by atoms with Crippen LogP contribution in [0, 0.1) is 5.92 Å². The molecule has 0 bridgehead atoms. The summed E-state index contributed by atoms with van der Waals surface area (Å²) in [5.41, 5.74) is 5.53. The first kappa shape index (κ1) is 15.9. The Hall–Kier alpha value is -1.14. The van der Waals surface area contributed by atoms with Crippen LogP contribution in [0.5, 0.6) is 0 Å². The Morgan fingerprint density at radius 3 is 2.53 bits per heavy atom. The van der Waals surface area contributed by atoms with Crippen LogP contribution in [0.1, 0.15) is 19.8 Å². The van der Waals surface area contributed by atoms with Gasteiger partial charge < -0.3 is 20.5 Å². The lowest BCUT2D eigenvalue weighted by atomic mass is 10.0. The van der Waals surface area contributed by atoms with E-state index in [1.165, 1.54) is 12.0 Å². The molecular formula is C11H22N2O4. The number of ether oxygens (including phenoxy) is 1. The molecule has 0 aliphatic carbocycles. The van der Waals surface area contributed by atoms with Gasteiger partial charge in [-0.25, -0.2) is 0 Å². The lowest BCUT2D eigenvalue weighted by molar-refractivity contribution is -0.146. The molecule has 1 amide bonds. The van der Waals surface area contributed by atoms with Crippen LogP contribution >= 0.6 is 0 Å². The number of carboxylic acids is 1. The summed E-state index contributed by atoms with van der Waals surface area (Å²) in [5, 5.41) is 8.75. The van der Waals surface area contributed by atoms with E-state index in [1.807, 2.05) is 6.92 Å². The van der Waals surface area contributed by atoms with Crippen molar-refractivity contribution < 1.29 is 19.4 Å². The summed E-state index contributed by atoms with van der Waals surface area (Å²) in [5.74, 6) is -1.52. The van der Waals surface area contributed by atoms with Gasteiger partial charge in [0.2, 0.25) is 5.91 Å². The van der Waals surface area contributed by atoms with Crippen molar-refractivity contribution in [1.29, 1.82) is 0 Å². The molecule has 0 aromatic carbocycles. The first-order valence-corrected chi connectivity index (χ1v) is 5.76. The van der Waals surface area contributed by atoms with E-state index in [2.05, 4.69) is 0 Å². The van der Waals surface area contributed by atoms with Crippen molar-refractivity contribution in [1.82, 2.24) is 4.90 Å². The highest BCUT2D eigenvalue weighted by molar-refractivity contribution is 5.83. The molecule has 0 aromatic rings. The monoisotopic (exact) mass is 246 g/mol. The molecular weight excluding hydrogens is 224 g/mol. The van der Waals surface area contributed by atoms with E-state index in [1.54, 1.807) is 0 Å². The molecule has 0 heterocycles. The van der Waals surface area contributed by atoms with E-state index in [0.717, 1.165) is 6.42 Å². The van der Waals surface area contributed by atoms with E-state index in [0.29, 0.717) is 13.0 Å². The lowest BCUT2D eigenvalue weighted by Gasteiger charge is -2.25. The van der Waals surface area contributed by atoms with Crippen LogP contribution in [0.15, 0.2) is 0 Å². The van der Waals surface area contributed by atoms with Crippen molar-refractivity contribution in [2.75, 3.05) is 33.4 Å². The molecule has 6 nitrogen and oxygen atoms in total. The second kappa shape index (κ2) is 8.95. The van der Waals surface area contributed by atoms with Crippen molar-refractivity contribution in [3.05, 3.63) is 0 Å². The average Bonchev–Trinajstić information content (AvgIpc) is 2.30. The fraction of sp³-hybridized carbons (Fsp3) is 0.818. The van der Waals surface area contributed by atoms with E-state index >= 15 is 0 Å². The van der Waals surface area contributed by atoms with Gasteiger partial charge in [-0.05, 0) is 6.42 Å². The Kier molecular flexibility index (Phi) is 8.35. The van der Waals surface area contributed by atoms with Gasteiger partial charge in [0.05, 0.1) is 12.5 Å². The first-order valence-electron chi connectivity index (χ1n) is 5.76. The number of rotatable bonds is 9. The van der Waals surface area contributed by atoms with Gasteiger partial charge >= 0.3 is 5.97 Å². The third-order valence-electron chi connectivity index (χ3n) is 2.47. The standard InChI is InChI=1S/C11H22N2O4/c1-3-4-9(7-12)11(16)13(5-6-17-2)8-10(14)15/h9H,3-8,12H2,1-2H3,(H,14,15). The Morgan fingerprint density at radius 2 is 2.12 bits per heavy atom. The first-order chi connectivity index (χ1) is 8.06. The molecule has 0 aromatic heterocycles. The SMILES string of the molecule is CCCC(CN)C(=O)N(CCOC)CC(=O)O. The smallest absolute Gasteiger partial charge is 0.323 e. The van der Waals surface area contributed by atoms with Gasteiger partial charge in [-0.2, -0.15) is 0 Å². The van der Waals surface area contributed by atoms with Crippen LogP contribution in [0.2, 0.25) is 0 Å². The molecule has 3 N–H and O–H groups in total. The van der Waals surface area contributed by atoms with Gasteiger partial charge in [-0.15, -0.1) is 0 Å². The van der Waals surface area contributed by atoms with E-state index in [-0.39, 0.29) is 31.5 Å². The third-order valence-corrected chi connectivity index (χ3v) is 2.47.